The van der Waals surface area contributed by atoms with Crippen LogP contribution >= 0.6 is 0 Å². The van der Waals surface area contributed by atoms with Crippen LogP contribution in [0.4, 0.5) is 0 Å². The van der Waals surface area contributed by atoms with E-state index < -0.39 is 10.0 Å². The van der Waals surface area contributed by atoms with Gasteiger partial charge in [-0.15, -0.1) is 0 Å². The molecule has 1 aromatic rings. The summed E-state index contributed by atoms with van der Waals surface area (Å²) in [5.41, 5.74) is 1.07. The van der Waals surface area contributed by atoms with Gasteiger partial charge in [-0.25, -0.2) is 8.42 Å². The first-order valence-corrected chi connectivity index (χ1v) is 7.69. The summed E-state index contributed by atoms with van der Waals surface area (Å²) in [7, 11) is -1.40. The van der Waals surface area contributed by atoms with E-state index in [1.807, 2.05) is 26.1 Å². The summed E-state index contributed by atoms with van der Waals surface area (Å²) in [4.78, 5) is 0.401. The molecule has 1 aliphatic rings. The molecule has 0 aliphatic carbocycles. The van der Waals surface area contributed by atoms with Crippen LogP contribution in [-0.4, -0.2) is 39.4 Å². The molecule has 1 fully saturated rings. The Bertz CT molecular complexity index is 496. The van der Waals surface area contributed by atoms with Crippen LogP contribution in [0.3, 0.4) is 0 Å². The number of nitrogens with zero attached hydrogens (tertiary/aromatic N) is 1. The molecule has 1 saturated heterocycles. The van der Waals surface area contributed by atoms with E-state index in [9.17, 15) is 8.42 Å². The Labute approximate surface area is 109 Å². The Morgan fingerprint density at radius 3 is 2.61 bits per heavy atom. The van der Waals surface area contributed by atoms with Crippen LogP contribution in [0.15, 0.2) is 29.2 Å². The van der Waals surface area contributed by atoms with Gasteiger partial charge in [0.1, 0.15) is 0 Å². The van der Waals surface area contributed by atoms with Gasteiger partial charge in [0.15, 0.2) is 0 Å². The normalized spacial score (nSPS) is 21.3. The molecule has 18 heavy (non-hydrogen) atoms. The monoisotopic (exact) mass is 268 g/mol. The van der Waals surface area contributed by atoms with Crippen LogP contribution in [0.5, 0.6) is 0 Å². The minimum atomic E-state index is -3.30. The molecule has 1 N–H and O–H groups in total. The lowest BCUT2D eigenvalue weighted by molar-refractivity contribution is 0.451. The van der Waals surface area contributed by atoms with Crippen LogP contribution in [0.25, 0.3) is 0 Å². The van der Waals surface area contributed by atoms with Crippen LogP contribution in [0.2, 0.25) is 0 Å². The lowest BCUT2D eigenvalue weighted by Gasteiger charge is -2.16. The third-order valence-electron chi connectivity index (χ3n) is 3.40. The fourth-order valence-corrected chi connectivity index (χ4v) is 3.86. The maximum absolute atomic E-state index is 12.4. The van der Waals surface area contributed by atoms with E-state index in [2.05, 4.69) is 5.32 Å². The Balaban J connectivity index is 2.15. The molecule has 2 rings (SSSR count). The molecule has 0 aromatic heterocycles. The Kier molecular flexibility index (Phi) is 4.04. The molecule has 1 aliphatic heterocycles. The lowest BCUT2D eigenvalue weighted by Crippen LogP contribution is -2.30. The quantitative estimate of drug-likeness (QED) is 0.893. The molecule has 0 bridgehead atoms. The zero-order valence-electron chi connectivity index (χ0n) is 10.9. The highest BCUT2D eigenvalue weighted by Crippen LogP contribution is 2.24. The van der Waals surface area contributed by atoms with E-state index in [1.165, 1.54) is 0 Å². The highest BCUT2D eigenvalue weighted by molar-refractivity contribution is 7.89. The van der Waals surface area contributed by atoms with Crippen molar-refractivity contribution in [2.24, 2.45) is 5.92 Å². The van der Waals surface area contributed by atoms with Crippen molar-refractivity contribution >= 4 is 10.0 Å². The summed E-state index contributed by atoms with van der Waals surface area (Å²) >= 11 is 0. The van der Waals surface area contributed by atoms with Crippen LogP contribution in [0.1, 0.15) is 12.0 Å². The standard InChI is InChI=1S/C13H20N2O2S/c1-11-3-5-13(6-4-11)18(16,17)15-8-7-12(10-15)9-14-2/h3-6,12,14H,7-10H2,1-2H3. The van der Waals surface area contributed by atoms with E-state index in [4.69, 9.17) is 0 Å². The summed E-state index contributed by atoms with van der Waals surface area (Å²) in [6.07, 6.45) is 0.936. The first kappa shape index (κ1) is 13.5. The number of hydrogen-bond donors (Lipinski definition) is 1. The van der Waals surface area contributed by atoms with Crippen molar-refractivity contribution in [1.82, 2.24) is 9.62 Å². The smallest absolute Gasteiger partial charge is 0.243 e. The zero-order chi connectivity index (χ0) is 13.2. The Morgan fingerprint density at radius 2 is 2.00 bits per heavy atom. The summed E-state index contributed by atoms with van der Waals surface area (Å²) in [5, 5.41) is 3.11. The minimum Gasteiger partial charge on any atom is -0.319 e. The molecule has 1 heterocycles. The van der Waals surface area contributed by atoms with E-state index >= 15 is 0 Å². The molecule has 0 amide bonds. The lowest BCUT2D eigenvalue weighted by atomic mass is 10.1. The van der Waals surface area contributed by atoms with Crippen LogP contribution in [0, 0.1) is 12.8 Å². The molecule has 1 aromatic carbocycles. The van der Waals surface area contributed by atoms with Gasteiger partial charge in [-0.05, 0) is 45.0 Å². The summed E-state index contributed by atoms with van der Waals surface area (Å²) in [5.74, 6) is 0.426. The van der Waals surface area contributed by atoms with Crippen molar-refractivity contribution in [1.29, 1.82) is 0 Å². The first-order valence-electron chi connectivity index (χ1n) is 6.25. The van der Waals surface area contributed by atoms with E-state index in [0.29, 0.717) is 23.9 Å². The largest absolute Gasteiger partial charge is 0.319 e. The van der Waals surface area contributed by atoms with Crippen molar-refractivity contribution in [2.75, 3.05) is 26.7 Å². The third kappa shape index (κ3) is 2.74. The number of rotatable bonds is 4. The molecule has 0 saturated carbocycles. The molecule has 1 atom stereocenters. The summed E-state index contributed by atoms with van der Waals surface area (Å²) in [6, 6.07) is 7.06. The number of sulfonamides is 1. The van der Waals surface area contributed by atoms with E-state index in [0.717, 1.165) is 18.5 Å². The SMILES string of the molecule is CNCC1CCN(S(=O)(=O)c2ccc(C)cc2)C1. The van der Waals surface area contributed by atoms with E-state index in [-0.39, 0.29) is 0 Å². The molecule has 100 valence electrons. The van der Waals surface area contributed by atoms with Gasteiger partial charge < -0.3 is 5.32 Å². The highest BCUT2D eigenvalue weighted by Gasteiger charge is 2.31. The van der Waals surface area contributed by atoms with Gasteiger partial charge >= 0.3 is 0 Å². The van der Waals surface area contributed by atoms with Gasteiger partial charge in [0, 0.05) is 13.1 Å². The summed E-state index contributed by atoms with van der Waals surface area (Å²) < 4.78 is 26.4. The second-order valence-electron chi connectivity index (χ2n) is 4.89. The zero-order valence-corrected chi connectivity index (χ0v) is 11.7. The average molecular weight is 268 g/mol. The van der Waals surface area contributed by atoms with Crippen LogP contribution < -0.4 is 5.32 Å². The number of aryl methyl sites for hydroxylation is 1. The maximum Gasteiger partial charge on any atom is 0.243 e. The predicted molar refractivity (Wildman–Crippen MR) is 72.0 cm³/mol. The molecule has 5 heteroatoms. The molecule has 4 nitrogen and oxygen atoms in total. The van der Waals surface area contributed by atoms with Gasteiger partial charge in [0.25, 0.3) is 0 Å². The molecular formula is C13H20N2O2S. The van der Waals surface area contributed by atoms with E-state index in [1.54, 1.807) is 16.4 Å². The maximum atomic E-state index is 12.4. The van der Waals surface area contributed by atoms with Gasteiger partial charge in [0.05, 0.1) is 4.90 Å². The number of hydrogen-bond acceptors (Lipinski definition) is 3. The fourth-order valence-electron chi connectivity index (χ4n) is 2.33. The molecule has 1 unspecified atom stereocenters. The molecule has 0 radical (unpaired) electrons. The van der Waals surface area contributed by atoms with Crippen molar-refractivity contribution in [3.05, 3.63) is 29.8 Å². The third-order valence-corrected chi connectivity index (χ3v) is 5.28. The van der Waals surface area contributed by atoms with Crippen molar-refractivity contribution in [3.63, 3.8) is 0 Å². The topological polar surface area (TPSA) is 49.4 Å². The number of benzene rings is 1. The average Bonchev–Trinajstić information content (AvgIpc) is 2.79. The predicted octanol–water partition coefficient (Wildman–Crippen LogP) is 1.23. The van der Waals surface area contributed by atoms with Crippen molar-refractivity contribution in [3.8, 4) is 0 Å². The number of nitrogens with one attached hydrogen (secondary N) is 1. The van der Waals surface area contributed by atoms with Gasteiger partial charge in [-0.2, -0.15) is 4.31 Å². The van der Waals surface area contributed by atoms with Gasteiger partial charge in [-0.1, -0.05) is 17.7 Å². The highest BCUT2D eigenvalue weighted by atomic mass is 32.2. The molecule has 0 spiro atoms. The van der Waals surface area contributed by atoms with Gasteiger partial charge in [0.2, 0.25) is 10.0 Å². The molecular weight excluding hydrogens is 248 g/mol. The van der Waals surface area contributed by atoms with Crippen molar-refractivity contribution < 1.29 is 8.42 Å². The van der Waals surface area contributed by atoms with Gasteiger partial charge in [-0.3, -0.25) is 0 Å². The minimum absolute atomic E-state index is 0.401. The Hall–Kier alpha value is -0.910. The second-order valence-corrected chi connectivity index (χ2v) is 6.83. The van der Waals surface area contributed by atoms with Crippen LogP contribution in [-0.2, 0) is 10.0 Å². The first-order chi connectivity index (χ1) is 8.54. The second kappa shape index (κ2) is 5.38. The fraction of sp³-hybridized carbons (Fsp3) is 0.538. The van der Waals surface area contributed by atoms with Crippen molar-refractivity contribution in [2.45, 2.75) is 18.2 Å². The Morgan fingerprint density at radius 1 is 1.33 bits per heavy atom. The summed E-state index contributed by atoms with van der Waals surface area (Å²) in [6.45, 7) is 4.08.